The van der Waals surface area contributed by atoms with Crippen LogP contribution >= 0.6 is 0 Å². The number of hydrogen-bond acceptors (Lipinski definition) is 4. The van der Waals surface area contributed by atoms with E-state index in [9.17, 15) is 26.8 Å². The predicted octanol–water partition coefficient (Wildman–Crippen LogP) is 1.89. The van der Waals surface area contributed by atoms with Crippen LogP contribution in [0.4, 0.5) is 14.5 Å². The monoisotopic (exact) mass is 439 g/mol. The molecule has 0 spiro atoms. The molecule has 0 bridgehead atoms. The Morgan fingerprint density at radius 3 is 2.23 bits per heavy atom. The minimum Gasteiger partial charge on any atom is -0.357 e. The molecule has 2 aromatic rings. The first-order valence-corrected chi connectivity index (χ1v) is 10.9. The molecule has 7 nitrogen and oxygen atoms in total. The van der Waals surface area contributed by atoms with Crippen LogP contribution in [0.1, 0.15) is 12.5 Å². The Morgan fingerprint density at radius 1 is 1.07 bits per heavy atom. The molecule has 2 rings (SSSR count). The lowest BCUT2D eigenvalue weighted by molar-refractivity contribution is -0.139. The van der Waals surface area contributed by atoms with Crippen LogP contribution in [0.2, 0.25) is 0 Å². The molecule has 0 aliphatic rings. The number of likely N-dealkylation sites (N-methyl/N-ethyl adjacent to an activating group) is 1. The Kier molecular flexibility index (Phi) is 7.49. The van der Waals surface area contributed by atoms with E-state index < -0.39 is 46.1 Å². The number of benzene rings is 2. The summed E-state index contributed by atoms with van der Waals surface area (Å²) in [7, 11) is -2.58. The summed E-state index contributed by atoms with van der Waals surface area (Å²) in [6, 6.07) is 10.5. The highest BCUT2D eigenvalue weighted by Crippen LogP contribution is 2.21. The largest absolute Gasteiger partial charge is 0.357 e. The van der Waals surface area contributed by atoms with Gasteiger partial charge in [-0.1, -0.05) is 30.3 Å². The van der Waals surface area contributed by atoms with Crippen molar-refractivity contribution in [1.29, 1.82) is 0 Å². The first-order chi connectivity index (χ1) is 14.0. The molecular weight excluding hydrogens is 416 g/mol. The highest BCUT2D eigenvalue weighted by atomic mass is 32.2. The molecule has 1 unspecified atom stereocenters. The third-order valence-electron chi connectivity index (χ3n) is 4.48. The smallest absolute Gasteiger partial charge is 0.244 e. The van der Waals surface area contributed by atoms with Gasteiger partial charge in [0.1, 0.15) is 12.6 Å². The number of anilines is 1. The molecule has 0 aliphatic carbocycles. The number of sulfonamides is 1. The number of nitrogens with one attached hydrogen (secondary N) is 1. The lowest BCUT2D eigenvalue weighted by Gasteiger charge is -2.31. The summed E-state index contributed by atoms with van der Waals surface area (Å²) in [6.45, 7) is 0.893. The van der Waals surface area contributed by atoms with Gasteiger partial charge in [-0.15, -0.1) is 0 Å². The first kappa shape index (κ1) is 23.3. The van der Waals surface area contributed by atoms with Gasteiger partial charge in [0, 0.05) is 19.7 Å². The average molecular weight is 439 g/mol. The van der Waals surface area contributed by atoms with E-state index in [-0.39, 0.29) is 12.2 Å². The van der Waals surface area contributed by atoms with Gasteiger partial charge in [-0.3, -0.25) is 13.9 Å². The molecule has 0 aromatic heterocycles. The second-order valence-electron chi connectivity index (χ2n) is 6.67. The highest BCUT2D eigenvalue weighted by Gasteiger charge is 2.30. The van der Waals surface area contributed by atoms with Crippen LogP contribution in [0, 0.1) is 11.6 Å². The van der Waals surface area contributed by atoms with Crippen LogP contribution in [-0.4, -0.2) is 51.0 Å². The Balaban J connectivity index is 2.38. The zero-order valence-corrected chi connectivity index (χ0v) is 17.6. The minimum atomic E-state index is -4.00. The average Bonchev–Trinajstić information content (AvgIpc) is 2.71. The molecule has 0 heterocycles. The van der Waals surface area contributed by atoms with Crippen molar-refractivity contribution in [3.8, 4) is 0 Å². The third kappa shape index (κ3) is 5.76. The van der Waals surface area contributed by atoms with Crippen molar-refractivity contribution >= 4 is 27.5 Å². The quantitative estimate of drug-likeness (QED) is 0.681. The molecule has 0 aliphatic heterocycles. The van der Waals surface area contributed by atoms with E-state index in [4.69, 9.17) is 0 Å². The van der Waals surface area contributed by atoms with Gasteiger partial charge in [0.25, 0.3) is 0 Å². The second kappa shape index (κ2) is 9.66. The van der Waals surface area contributed by atoms with Crippen molar-refractivity contribution in [3.63, 3.8) is 0 Å². The van der Waals surface area contributed by atoms with Gasteiger partial charge in [0.2, 0.25) is 21.8 Å². The molecule has 2 amide bonds. The molecule has 0 radical (unpaired) electrons. The maximum absolute atomic E-state index is 13.6. The highest BCUT2D eigenvalue weighted by molar-refractivity contribution is 7.92. The Morgan fingerprint density at radius 2 is 1.70 bits per heavy atom. The summed E-state index contributed by atoms with van der Waals surface area (Å²) in [5.74, 6) is -3.49. The number of halogens is 2. The topological polar surface area (TPSA) is 86.8 Å². The molecule has 10 heteroatoms. The van der Waals surface area contributed by atoms with Crippen molar-refractivity contribution in [2.24, 2.45) is 0 Å². The third-order valence-corrected chi connectivity index (χ3v) is 5.62. The number of rotatable bonds is 8. The van der Waals surface area contributed by atoms with E-state index in [1.54, 1.807) is 30.3 Å². The number of nitrogens with zero attached hydrogens (tertiary/aromatic N) is 2. The summed E-state index contributed by atoms with van der Waals surface area (Å²) in [5, 5.41) is 2.46. The summed E-state index contributed by atoms with van der Waals surface area (Å²) >= 11 is 0. The number of carbonyl (C=O) groups excluding carboxylic acids is 2. The minimum absolute atomic E-state index is 0.0592. The summed E-state index contributed by atoms with van der Waals surface area (Å²) in [5.41, 5.74) is 0.539. The molecular formula is C20H23F2N3O4S. The van der Waals surface area contributed by atoms with Crippen LogP contribution in [0.15, 0.2) is 48.5 Å². The number of hydrogen-bond donors (Lipinski definition) is 1. The van der Waals surface area contributed by atoms with E-state index in [0.717, 1.165) is 24.0 Å². The molecule has 0 fully saturated rings. The van der Waals surface area contributed by atoms with E-state index in [2.05, 4.69) is 5.32 Å². The number of amides is 2. The maximum Gasteiger partial charge on any atom is 0.244 e. The standard InChI is InChI=1S/C20H23F2N3O4S/c1-14(20(27)23-2)24(12-15-7-5-4-6-8-15)19(26)13-25(30(3,28)29)16-9-10-17(21)18(22)11-16/h4-11,14H,12-13H2,1-3H3,(H,23,27). The van der Waals surface area contributed by atoms with Crippen LogP contribution < -0.4 is 9.62 Å². The SMILES string of the molecule is CNC(=O)C(C)N(Cc1ccccc1)C(=O)CN(c1ccc(F)c(F)c1)S(C)(=O)=O. The fourth-order valence-corrected chi connectivity index (χ4v) is 3.67. The molecule has 0 saturated heterocycles. The normalized spacial score (nSPS) is 12.2. The van der Waals surface area contributed by atoms with Crippen molar-refractivity contribution in [2.45, 2.75) is 19.5 Å². The van der Waals surface area contributed by atoms with Crippen LogP contribution in [-0.2, 0) is 26.2 Å². The molecule has 1 N–H and O–H groups in total. The molecule has 1 atom stereocenters. The lowest BCUT2D eigenvalue weighted by Crippen LogP contribution is -2.50. The van der Waals surface area contributed by atoms with Gasteiger partial charge in [-0.25, -0.2) is 17.2 Å². The summed E-state index contributed by atoms with van der Waals surface area (Å²) in [4.78, 5) is 26.4. The number of carbonyl (C=O) groups is 2. The molecule has 162 valence electrons. The van der Waals surface area contributed by atoms with Gasteiger partial charge in [0.15, 0.2) is 11.6 Å². The molecule has 0 saturated carbocycles. The van der Waals surface area contributed by atoms with E-state index >= 15 is 0 Å². The van der Waals surface area contributed by atoms with E-state index in [1.807, 2.05) is 0 Å². The zero-order chi connectivity index (χ0) is 22.5. The molecule has 2 aromatic carbocycles. The fourth-order valence-electron chi connectivity index (χ4n) is 2.83. The first-order valence-electron chi connectivity index (χ1n) is 9.02. The van der Waals surface area contributed by atoms with Crippen molar-refractivity contribution in [3.05, 3.63) is 65.7 Å². The van der Waals surface area contributed by atoms with Gasteiger partial charge >= 0.3 is 0 Å². The van der Waals surface area contributed by atoms with Gasteiger partial charge in [-0.2, -0.15) is 0 Å². The lowest BCUT2D eigenvalue weighted by atomic mass is 10.1. The second-order valence-corrected chi connectivity index (χ2v) is 8.57. The molecule has 30 heavy (non-hydrogen) atoms. The maximum atomic E-state index is 13.6. The Labute approximate surface area is 174 Å². The van der Waals surface area contributed by atoms with Crippen LogP contribution in [0.5, 0.6) is 0 Å². The van der Waals surface area contributed by atoms with E-state index in [1.165, 1.54) is 18.9 Å². The van der Waals surface area contributed by atoms with Gasteiger partial charge < -0.3 is 10.2 Å². The summed E-state index contributed by atoms with van der Waals surface area (Å²) in [6.07, 6.45) is 0.852. The van der Waals surface area contributed by atoms with Crippen LogP contribution in [0.3, 0.4) is 0 Å². The van der Waals surface area contributed by atoms with Gasteiger partial charge in [-0.05, 0) is 24.6 Å². The Bertz CT molecular complexity index is 1020. The van der Waals surface area contributed by atoms with Crippen LogP contribution in [0.25, 0.3) is 0 Å². The Hall–Kier alpha value is -3.01. The predicted molar refractivity (Wildman–Crippen MR) is 109 cm³/mol. The van der Waals surface area contributed by atoms with E-state index in [0.29, 0.717) is 10.4 Å². The van der Waals surface area contributed by atoms with Crippen molar-refractivity contribution < 1.29 is 26.8 Å². The van der Waals surface area contributed by atoms with Crippen molar-refractivity contribution in [2.75, 3.05) is 24.2 Å². The summed E-state index contributed by atoms with van der Waals surface area (Å²) < 4.78 is 52.1. The van der Waals surface area contributed by atoms with Gasteiger partial charge in [0.05, 0.1) is 11.9 Å². The zero-order valence-electron chi connectivity index (χ0n) is 16.8. The van der Waals surface area contributed by atoms with Crippen molar-refractivity contribution in [1.82, 2.24) is 10.2 Å². The fraction of sp³-hybridized carbons (Fsp3) is 0.300.